The van der Waals surface area contributed by atoms with Crippen molar-refractivity contribution in [3.8, 4) is 17.4 Å². The van der Waals surface area contributed by atoms with E-state index in [4.69, 9.17) is 4.74 Å². The zero-order valence-electron chi connectivity index (χ0n) is 14.0. The molecule has 0 unspecified atom stereocenters. The second kappa shape index (κ2) is 7.87. The summed E-state index contributed by atoms with van der Waals surface area (Å²) in [5, 5.41) is 0. The normalized spacial score (nSPS) is 10.7. The van der Waals surface area contributed by atoms with Crippen LogP contribution in [-0.4, -0.2) is 22.1 Å². The Hall–Kier alpha value is -1.97. The Balaban J connectivity index is 2.39. The lowest BCUT2D eigenvalue weighted by Crippen LogP contribution is -2.04. The van der Waals surface area contributed by atoms with Crippen LogP contribution in [0.3, 0.4) is 0 Å². The van der Waals surface area contributed by atoms with Crippen LogP contribution in [0.25, 0.3) is 11.5 Å². The molecule has 0 saturated heterocycles. The lowest BCUT2D eigenvalue weighted by molar-refractivity contribution is 0.390. The van der Waals surface area contributed by atoms with E-state index in [9.17, 15) is 0 Å². The molecule has 0 aromatic carbocycles. The SMILES string of the molecule is CCCCc1c(C)nc(-c2cccc(CCC)n2)nc1OC. The Labute approximate surface area is 133 Å². The van der Waals surface area contributed by atoms with Crippen LogP contribution in [0.2, 0.25) is 0 Å². The molecule has 0 fully saturated rings. The lowest BCUT2D eigenvalue weighted by Gasteiger charge is -2.12. The summed E-state index contributed by atoms with van der Waals surface area (Å²) in [6, 6.07) is 6.02. The lowest BCUT2D eigenvalue weighted by atomic mass is 10.1. The van der Waals surface area contributed by atoms with Gasteiger partial charge in [0.15, 0.2) is 5.82 Å². The largest absolute Gasteiger partial charge is 0.481 e. The fourth-order valence-electron chi connectivity index (χ4n) is 2.49. The Kier molecular flexibility index (Phi) is 5.87. The van der Waals surface area contributed by atoms with E-state index in [0.29, 0.717) is 11.7 Å². The second-order valence-corrected chi connectivity index (χ2v) is 5.49. The minimum absolute atomic E-state index is 0.646. The standard InChI is InChI=1S/C18H25N3O/c1-5-7-11-15-13(3)19-17(21-18(15)22-4)16-12-8-10-14(20-16)9-6-2/h8,10,12H,5-7,9,11H2,1-4H3. The molecule has 22 heavy (non-hydrogen) atoms. The second-order valence-electron chi connectivity index (χ2n) is 5.49. The molecule has 118 valence electrons. The van der Waals surface area contributed by atoms with Crippen molar-refractivity contribution in [2.75, 3.05) is 7.11 Å². The van der Waals surface area contributed by atoms with Crippen molar-refractivity contribution < 1.29 is 4.74 Å². The van der Waals surface area contributed by atoms with Gasteiger partial charge in [-0.2, -0.15) is 4.98 Å². The van der Waals surface area contributed by atoms with E-state index in [0.717, 1.165) is 54.7 Å². The number of hydrogen-bond donors (Lipinski definition) is 0. The van der Waals surface area contributed by atoms with Gasteiger partial charge in [-0.25, -0.2) is 9.97 Å². The van der Waals surface area contributed by atoms with E-state index in [1.807, 2.05) is 25.1 Å². The molecule has 0 saturated carbocycles. The molecule has 0 amide bonds. The van der Waals surface area contributed by atoms with Crippen LogP contribution >= 0.6 is 0 Å². The van der Waals surface area contributed by atoms with Gasteiger partial charge >= 0.3 is 0 Å². The molecule has 2 heterocycles. The molecule has 0 spiro atoms. The van der Waals surface area contributed by atoms with Gasteiger partial charge in [0.25, 0.3) is 0 Å². The number of pyridine rings is 1. The molecule has 2 rings (SSSR count). The summed E-state index contributed by atoms with van der Waals surface area (Å²) >= 11 is 0. The average Bonchev–Trinajstić information content (AvgIpc) is 2.53. The van der Waals surface area contributed by atoms with E-state index < -0.39 is 0 Å². The van der Waals surface area contributed by atoms with Gasteiger partial charge in [0, 0.05) is 17.0 Å². The maximum atomic E-state index is 5.48. The third-order valence-electron chi connectivity index (χ3n) is 3.69. The molecule has 4 nitrogen and oxygen atoms in total. The summed E-state index contributed by atoms with van der Waals surface area (Å²) < 4.78 is 5.48. The number of hydrogen-bond acceptors (Lipinski definition) is 4. The zero-order valence-corrected chi connectivity index (χ0v) is 14.0. The molecule has 0 radical (unpaired) electrons. The van der Waals surface area contributed by atoms with Gasteiger partial charge in [-0.05, 0) is 38.3 Å². The van der Waals surface area contributed by atoms with E-state index in [1.165, 1.54) is 0 Å². The van der Waals surface area contributed by atoms with Crippen molar-refractivity contribution in [3.63, 3.8) is 0 Å². The number of unbranched alkanes of at least 4 members (excludes halogenated alkanes) is 1. The third-order valence-corrected chi connectivity index (χ3v) is 3.69. The van der Waals surface area contributed by atoms with Gasteiger partial charge < -0.3 is 4.74 Å². The fourth-order valence-corrected chi connectivity index (χ4v) is 2.49. The van der Waals surface area contributed by atoms with Crippen molar-refractivity contribution >= 4 is 0 Å². The maximum absolute atomic E-state index is 5.48. The summed E-state index contributed by atoms with van der Waals surface area (Å²) in [6.07, 6.45) is 5.26. The number of aromatic nitrogens is 3. The van der Waals surface area contributed by atoms with Gasteiger partial charge in [0.2, 0.25) is 5.88 Å². The van der Waals surface area contributed by atoms with Crippen molar-refractivity contribution in [1.82, 2.24) is 15.0 Å². The maximum Gasteiger partial charge on any atom is 0.220 e. The van der Waals surface area contributed by atoms with Gasteiger partial charge in [0.05, 0.1) is 7.11 Å². The van der Waals surface area contributed by atoms with Crippen LogP contribution in [0.1, 0.15) is 50.1 Å². The monoisotopic (exact) mass is 299 g/mol. The van der Waals surface area contributed by atoms with E-state index in [1.54, 1.807) is 7.11 Å². The zero-order chi connectivity index (χ0) is 15.9. The fraction of sp³-hybridized carbons (Fsp3) is 0.500. The Morgan fingerprint density at radius 2 is 1.82 bits per heavy atom. The van der Waals surface area contributed by atoms with Crippen LogP contribution in [0, 0.1) is 6.92 Å². The van der Waals surface area contributed by atoms with E-state index in [-0.39, 0.29) is 0 Å². The molecule has 0 aliphatic heterocycles. The summed E-state index contributed by atoms with van der Waals surface area (Å²) in [4.78, 5) is 13.9. The van der Waals surface area contributed by atoms with Gasteiger partial charge in [-0.3, -0.25) is 0 Å². The molecule has 2 aromatic heterocycles. The first-order valence-electron chi connectivity index (χ1n) is 8.07. The Morgan fingerprint density at radius 1 is 1.00 bits per heavy atom. The summed E-state index contributed by atoms with van der Waals surface area (Å²) in [5.74, 6) is 1.33. The van der Waals surface area contributed by atoms with Gasteiger partial charge in [0.1, 0.15) is 5.69 Å². The van der Waals surface area contributed by atoms with Crippen LogP contribution in [0.5, 0.6) is 5.88 Å². The molecule has 0 aliphatic carbocycles. The topological polar surface area (TPSA) is 47.9 Å². The van der Waals surface area contributed by atoms with E-state index in [2.05, 4.69) is 28.8 Å². The van der Waals surface area contributed by atoms with Crippen LogP contribution in [-0.2, 0) is 12.8 Å². The first-order chi connectivity index (χ1) is 10.7. The van der Waals surface area contributed by atoms with E-state index >= 15 is 0 Å². The van der Waals surface area contributed by atoms with Crippen molar-refractivity contribution in [1.29, 1.82) is 0 Å². The van der Waals surface area contributed by atoms with Crippen LogP contribution < -0.4 is 4.74 Å². The average molecular weight is 299 g/mol. The highest BCUT2D eigenvalue weighted by Crippen LogP contribution is 2.24. The van der Waals surface area contributed by atoms with Crippen LogP contribution in [0.4, 0.5) is 0 Å². The Morgan fingerprint density at radius 3 is 2.50 bits per heavy atom. The predicted molar refractivity (Wildman–Crippen MR) is 89.2 cm³/mol. The van der Waals surface area contributed by atoms with Crippen molar-refractivity contribution in [2.24, 2.45) is 0 Å². The highest BCUT2D eigenvalue weighted by Gasteiger charge is 2.14. The molecule has 4 heteroatoms. The molecular weight excluding hydrogens is 274 g/mol. The first-order valence-corrected chi connectivity index (χ1v) is 8.07. The summed E-state index contributed by atoms with van der Waals surface area (Å²) in [6.45, 7) is 6.36. The smallest absolute Gasteiger partial charge is 0.220 e. The molecule has 0 N–H and O–H groups in total. The number of aryl methyl sites for hydroxylation is 2. The minimum atomic E-state index is 0.646. The minimum Gasteiger partial charge on any atom is -0.481 e. The molecule has 2 aromatic rings. The van der Waals surface area contributed by atoms with Crippen molar-refractivity contribution in [3.05, 3.63) is 35.2 Å². The van der Waals surface area contributed by atoms with Gasteiger partial charge in [-0.15, -0.1) is 0 Å². The molecular formula is C18H25N3O. The van der Waals surface area contributed by atoms with Gasteiger partial charge in [-0.1, -0.05) is 32.8 Å². The Bertz CT molecular complexity index is 626. The number of nitrogens with zero attached hydrogens (tertiary/aromatic N) is 3. The molecule has 0 aliphatic rings. The number of ether oxygens (including phenoxy) is 1. The highest BCUT2D eigenvalue weighted by molar-refractivity contribution is 5.52. The first kappa shape index (κ1) is 16.4. The summed E-state index contributed by atoms with van der Waals surface area (Å²) in [7, 11) is 1.67. The van der Waals surface area contributed by atoms with Crippen molar-refractivity contribution in [2.45, 2.75) is 52.9 Å². The van der Waals surface area contributed by atoms with Crippen LogP contribution in [0.15, 0.2) is 18.2 Å². The highest BCUT2D eigenvalue weighted by atomic mass is 16.5. The molecule has 0 atom stereocenters. The quantitative estimate of drug-likeness (QED) is 0.770. The molecule has 0 bridgehead atoms. The third kappa shape index (κ3) is 3.81. The number of methoxy groups -OCH3 is 1. The summed E-state index contributed by atoms with van der Waals surface area (Å²) in [5.41, 5.74) is 3.99. The number of rotatable bonds is 7. The predicted octanol–water partition coefficient (Wildman–Crippen LogP) is 4.15.